The number of likely N-dealkylation sites (tertiary alicyclic amines) is 1. The zero-order chi connectivity index (χ0) is 14.8. The predicted molar refractivity (Wildman–Crippen MR) is 83.6 cm³/mol. The lowest BCUT2D eigenvalue weighted by atomic mass is 10.1. The minimum Gasteiger partial charge on any atom is -0.356 e. The van der Waals surface area contributed by atoms with Crippen LogP contribution in [-0.4, -0.2) is 41.1 Å². The lowest BCUT2D eigenvalue weighted by molar-refractivity contribution is -0.121. The highest BCUT2D eigenvalue weighted by Gasteiger charge is 2.34. The van der Waals surface area contributed by atoms with E-state index in [1.807, 2.05) is 12.3 Å². The Bertz CT molecular complexity index is 562. The van der Waals surface area contributed by atoms with E-state index in [1.165, 1.54) is 37.1 Å². The van der Waals surface area contributed by atoms with Crippen LogP contribution in [0, 0.1) is 12.8 Å². The molecule has 2 heterocycles. The molecule has 2 fully saturated rings. The minimum atomic E-state index is 0.0242. The second kappa shape index (κ2) is 6.32. The van der Waals surface area contributed by atoms with Crippen LogP contribution in [0.4, 0.5) is 0 Å². The first-order chi connectivity index (χ1) is 10.1. The number of hydrogen-bond donors (Lipinski definition) is 1. The number of aryl methyl sites for hydroxylation is 1. The Morgan fingerprint density at radius 2 is 2.24 bits per heavy atom. The Hall–Kier alpha value is -1.14. The van der Waals surface area contributed by atoms with E-state index in [9.17, 15) is 9.59 Å². The molecule has 21 heavy (non-hydrogen) atoms. The fourth-order valence-corrected chi connectivity index (χ4v) is 3.80. The summed E-state index contributed by atoms with van der Waals surface area (Å²) in [5.74, 6) is 0.650. The Balaban J connectivity index is 1.38. The molecule has 1 unspecified atom stereocenters. The van der Waals surface area contributed by atoms with E-state index in [0.717, 1.165) is 24.8 Å². The van der Waals surface area contributed by atoms with Crippen molar-refractivity contribution in [1.82, 2.24) is 14.8 Å². The monoisotopic (exact) mass is 309 g/mol. The van der Waals surface area contributed by atoms with Gasteiger partial charge in [0.1, 0.15) is 0 Å². The third-order valence-corrected chi connectivity index (χ3v) is 5.39. The van der Waals surface area contributed by atoms with Gasteiger partial charge in [-0.2, -0.15) is 0 Å². The van der Waals surface area contributed by atoms with Gasteiger partial charge in [0.05, 0.1) is 0 Å². The number of amides is 1. The summed E-state index contributed by atoms with van der Waals surface area (Å²) in [7, 11) is 0. The third-order valence-electron chi connectivity index (χ3n) is 4.51. The van der Waals surface area contributed by atoms with Crippen molar-refractivity contribution in [2.24, 2.45) is 5.92 Å². The van der Waals surface area contributed by atoms with Crippen molar-refractivity contribution in [3.05, 3.63) is 20.7 Å². The van der Waals surface area contributed by atoms with Crippen molar-refractivity contribution >= 4 is 17.2 Å². The Kier molecular flexibility index (Phi) is 4.45. The van der Waals surface area contributed by atoms with Crippen LogP contribution in [0.5, 0.6) is 0 Å². The van der Waals surface area contributed by atoms with Crippen molar-refractivity contribution < 1.29 is 4.79 Å². The summed E-state index contributed by atoms with van der Waals surface area (Å²) in [5.41, 5.74) is 0.939. The number of carbonyl (C=O) groups excluding carboxylic acids is 1. The molecule has 0 bridgehead atoms. The summed E-state index contributed by atoms with van der Waals surface area (Å²) < 4.78 is 1.68. The molecular formula is C15H23N3O2S. The quantitative estimate of drug-likeness (QED) is 0.859. The first-order valence-electron chi connectivity index (χ1n) is 7.79. The molecule has 3 rings (SSSR count). The van der Waals surface area contributed by atoms with Gasteiger partial charge in [-0.05, 0) is 38.6 Å². The number of aromatic nitrogens is 1. The van der Waals surface area contributed by atoms with E-state index < -0.39 is 0 Å². The normalized spacial score (nSPS) is 22.6. The van der Waals surface area contributed by atoms with Crippen LogP contribution in [-0.2, 0) is 11.3 Å². The molecule has 0 spiro atoms. The molecule has 1 N–H and O–H groups in total. The molecular weight excluding hydrogens is 286 g/mol. The zero-order valence-corrected chi connectivity index (χ0v) is 13.3. The number of rotatable bonds is 6. The average Bonchev–Trinajstić information content (AvgIpc) is 3.13. The molecule has 1 amide bonds. The van der Waals surface area contributed by atoms with E-state index in [0.29, 0.717) is 18.9 Å². The number of nitrogens with one attached hydrogen (secondary N) is 1. The smallest absolute Gasteiger partial charge is 0.307 e. The lowest BCUT2D eigenvalue weighted by Crippen LogP contribution is -2.32. The predicted octanol–water partition coefficient (Wildman–Crippen LogP) is 1.21. The Labute approximate surface area is 129 Å². The molecule has 0 aromatic carbocycles. The molecule has 6 heteroatoms. The summed E-state index contributed by atoms with van der Waals surface area (Å²) in [6, 6.07) is 0.833. The summed E-state index contributed by atoms with van der Waals surface area (Å²) in [4.78, 5) is 26.1. The minimum absolute atomic E-state index is 0.0242. The molecule has 0 radical (unpaired) electrons. The van der Waals surface area contributed by atoms with Crippen molar-refractivity contribution in [3.8, 4) is 0 Å². The van der Waals surface area contributed by atoms with Crippen molar-refractivity contribution in [2.75, 3.05) is 19.6 Å². The maximum Gasteiger partial charge on any atom is 0.307 e. The molecule has 1 aromatic heterocycles. The fourth-order valence-electron chi connectivity index (χ4n) is 3.04. The Morgan fingerprint density at radius 1 is 1.43 bits per heavy atom. The van der Waals surface area contributed by atoms with Crippen LogP contribution in [0.2, 0.25) is 0 Å². The first-order valence-corrected chi connectivity index (χ1v) is 8.67. The third kappa shape index (κ3) is 3.74. The first kappa shape index (κ1) is 14.8. The number of thiazole rings is 1. The van der Waals surface area contributed by atoms with Gasteiger partial charge in [-0.1, -0.05) is 11.3 Å². The summed E-state index contributed by atoms with van der Waals surface area (Å²) in [6.07, 6.45) is 4.29. The largest absolute Gasteiger partial charge is 0.356 e. The van der Waals surface area contributed by atoms with Gasteiger partial charge in [-0.15, -0.1) is 0 Å². The van der Waals surface area contributed by atoms with Gasteiger partial charge in [-0.25, -0.2) is 0 Å². The highest BCUT2D eigenvalue weighted by Crippen LogP contribution is 2.31. The number of carbonyl (C=O) groups is 1. The van der Waals surface area contributed by atoms with Gasteiger partial charge in [-0.3, -0.25) is 9.59 Å². The SMILES string of the molecule is Cc1csc(=O)n1CCC(=O)NCC1CCN(C2CC2)C1. The molecule has 2 aliphatic rings. The molecule has 1 saturated heterocycles. The van der Waals surface area contributed by atoms with Crippen molar-refractivity contribution in [1.29, 1.82) is 0 Å². The molecule has 116 valence electrons. The highest BCUT2D eigenvalue weighted by molar-refractivity contribution is 7.07. The van der Waals surface area contributed by atoms with Gasteiger partial charge in [0, 0.05) is 43.2 Å². The number of hydrogen-bond acceptors (Lipinski definition) is 4. The second-order valence-corrected chi connectivity index (χ2v) is 7.05. The van der Waals surface area contributed by atoms with E-state index in [4.69, 9.17) is 0 Å². The summed E-state index contributed by atoms with van der Waals surface area (Å²) >= 11 is 1.20. The van der Waals surface area contributed by atoms with Crippen LogP contribution in [0.25, 0.3) is 0 Å². The van der Waals surface area contributed by atoms with E-state index in [-0.39, 0.29) is 10.8 Å². The van der Waals surface area contributed by atoms with Gasteiger partial charge >= 0.3 is 4.87 Å². The fraction of sp³-hybridized carbons (Fsp3) is 0.733. The van der Waals surface area contributed by atoms with Crippen LogP contribution >= 0.6 is 11.3 Å². The summed E-state index contributed by atoms with van der Waals surface area (Å²) in [6.45, 7) is 5.49. The van der Waals surface area contributed by atoms with Crippen LogP contribution < -0.4 is 10.2 Å². The molecule has 1 aliphatic carbocycles. The van der Waals surface area contributed by atoms with Crippen molar-refractivity contribution in [2.45, 2.75) is 45.2 Å². The van der Waals surface area contributed by atoms with Crippen LogP contribution in [0.1, 0.15) is 31.4 Å². The van der Waals surface area contributed by atoms with Gasteiger partial charge in [0.2, 0.25) is 5.91 Å². The second-order valence-electron chi connectivity index (χ2n) is 6.23. The van der Waals surface area contributed by atoms with Crippen LogP contribution in [0.3, 0.4) is 0 Å². The van der Waals surface area contributed by atoms with E-state index >= 15 is 0 Å². The molecule has 1 atom stereocenters. The Morgan fingerprint density at radius 3 is 2.90 bits per heavy atom. The van der Waals surface area contributed by atoms with Gasteiger partial charge in [0.15, 0.2) is 0 Å². The molecule has 1 aliphatic heterocycles. The number of nitrogens with zero attached hydrogens (tertiary/aromatic N) is 2. The van der Waals surface area contributed by atoms with Gasteiger partial charge < -0.3 is 14.8 Å². The summed E-state index contributed by atoms with van der Waals surface area (Å²) in [5, 5.41) is 4.87. The van der Waals surface area contributed by atoms with E-state index in [1.54, 1.807) is 4.57 Å². The van der Waals surface area contributed by atoms with Gasteiger partial charge in [0.25, 0.3) is 0 Å². The highest BCUT2D eigenvalue weighted by atomic mass is 32.1. The maximum atomic E-state index is 11.9. The standard InChI is InChI=1S/C15H23N3O2S/c1-11-10-21-15(20)18(11)7-5-14(19)16-8-12-4-6-17(9-12)13-2-3-13/h10,12-13H,2-9H2,1H3,(H,16,19). The topological polar surface area (TPSA) is 54.3 Å². The maximum absolute atomic E-state index is 11.9. The lowest BCUT2D eigenvalue weighted by Gasteiger charge is -2.15. The van der Waals surface area contributed by atoms with Crippen LogP contribution in [0.15, 0.2) is 10.2 Å². The van der Waals surface area contributed by atoms with Crippen molar-refractivity contribution in [3.63, 3.8) is 0 Å². The average molecular weight is 309 g/mol. The molecule has 1 saturated carbocycles. The molecule has 1 aromatic rings. The molecule has 5 nitrogen and oxygen atoms in total. The zero-order valence-electron chi connectivity index (χ0n) is 12.5. The van der Waals surface area contributed by atoms with E-state index in [2.05, 4.69) is 10.2 Å².